The fourth-order valence-electron chi connectivity index (χ4n) is 4.30. The van der Waals surface area contributed by atoms with E-state index in [1.165, 1.54) is 11.8 Å². The molecule has 42 heavy (non-hydrogen) atoms. The number of aryl methyl sites for hydroxylation is 2. The molecule has 4 aromatic carbocycles. The van der Waals surface area contributed by atoms with Gasteiger partial charge >= 0.3 is 0 Å². The van der Waals surface area contributed by atoms with Crippen molar-refractivity contribution in [3.05, 3.63) is 131 Å². The van der Waals surface area contributed by atoms with Crippen LogP contribution in [-0.4, -0.2) is 23.0 Å². The molecule has 0 aliphatic carbocycles. The number of nitrogens with one attached hydrogen (secondary N) is 3. The Morgan fingerprint density at radius 1 is 0.810 bits per heavy atom. The maximum absolute atomic E-state index is 13.5. The topological polar surface area (TPSA) is 87.3 Å². The highest BCUT2D eigenvalue weighted by Crippen LogP contribution is 2.29. The van der Waals surface area contributed by atoms with Gasteiger partial charge < -0.3 is 16.0 Å². The summed E-state index contributed by atoms with van der Waals surface area (Å²) in [4.78, 5) is 40.4. The van der Waals surface area contributed by atoms with Gasteiger partial charge in [0, 0.05) is 21.8 Å². The first-order valence-corrected chi connectivity index (χ1v) is 14.7. The molecule has 0 saturated heterocycles. The third-order valence-corrected chi connectivity index (χ3v) is 8.14. The molecule has 3 N–H and O–H groups in total. The number of carbonyl (C=O) groups is 3. The van der Waals surface area contributed by atoms with E-state index in [0.717, 1.165) is 32.8 Å². The predicted molar refractivity (Wildman–Crippen MR) is 173 cm³/mol. The molecule has 0 bridgehead atoms. The monoisotopic (exact) mass is 577 g/mol. The summed E-state index contributed by atoms with van der Waals surface area (Å²) in [5, 5.41) is 8.43. The first kappa shape index (κ1) is 30.3. The van der Waals surface area contributed by atoms with E-state index in [1.54, 1.807) is 36.4 Å². The van der Waals surface area contributed by atoms with Crippen molar-refractivity contribution in [1.82, 2.24) is 5.32 Å². The summed E-state index contributed by atoms with van der Waals surface area (Å²) in [5.41, 5.74) is 5.92. The maximum Gasteiger partial charge on any atom is 0.272 e. The molecule has 0 saturated carbocycles. The van der Waals surface area contributed by atoms with Gasteiger partial charge in [0.15, 0.2) is 0 Å². The Hall–Kier alpha value is -4.62. The Balaban J connectivity index is 1.51. The predicted octanol–water partition coefficient (Wildman–Crippen LogP) is 7.53. The molecule has 7 heteroatoms. The molecule has 0 fully saturated rings. The molecule has 0 radical (unpaired) electrons. The smallest absolute Gasteiger partial charge is 0.272 e. The first-order valence-electron chi connectivity index (χ1n) is 13.8. The van der Waals surface area contributed by atoms with Crippen molar-refractivity contribution >= 4 is 46.9 Å². The van der Waals surface area contributed by atoms with Crippen LogP contribution in [0.3, 0.4) is 0 Å². The molecule has 0 heterocycles. The van der Waals surface area contributed by atoms with Crippen molar-refractivity contribution in [2.24, 2.45) is 0 Å². The van der Waals surface area contributed by atoms with Crippen molar-refractivity contribution in [2.45, 2.75) is 44.3 Å². The highest BCUT2D eigenvalue weighted by molar-refractivity contribution is 8.00. The summed E-state index contributed by atoms with van der Waals surface area (Å²) in [7, 11) is 0. The van der Waals surface area contributed by atoms with E-state index in [1.807, 2.05) is 94.4 Å². The quantitative estimate of drug-likeness (QED) is 0.134. The van der Waals surface area contributed by atoms with Crippen molar-refractivity contribution in [3.8, 4) is 0 Å². The average molecular weight is 578 g/mol. The summed E-state index contributed by atoms with van der Waals surface area (Å²) in [6.07, 6.45) is 2.29. The Morgan fingerprint density at radius 2 is 1.55 bits per heavy atom. The van der Waals surface area contributed by atoms with Gasteiger partial charge in [-0.15, -0.1) is 11.8 Å². The second-order valence-electron chi connectivity index (χ2n) is 10.0. The van der Waals surface area contributed by atoms with Gasteiger partial charge in [-0.2, -0.15) is 0 Å². The molecule has 0 spiro atoms. The number of hydrogen-bond acceptors (Lipinski definition) is 4. The van der Waals surface area contributed by atoms with Crippen LogP contribution in [0, 0.1) is 20.8 Å². The Morgan fingerprint density at radius 3 is 2.29 bits per heavy atom. The minimum absolute atomic E-state index is 0.0716. The van der Waals surface area contributed by atoms with Crippen LogP contribution < -0.4 is 16.0 Å². The van der Waals surface area contributed by atoms with Crippen molar-refractivity contribution < 1.29 is 14.4 Å². The van der Waals surface area contributed by atoms with Crippen LogP contribution >= 0.6 is 11.8 Å². The molecular formula is C35H35N3O3S. The summed E-state index contributed by atoms with van der Waals surface area (Å²) in [6.45, 7) is 7.96. The van der Waals surface area contributed by atoms with Gasteiger partial charge in [-0.25, -0.2) is 0 Å². The zero-order valence-corrected chi connectivity index (χ0v) is 25.0. The van der Waals surface area contributed by atoms with E-state index in [9.17, 15) is 14.4 Å². The van der Waals surface area contributed by atoms with Crippen LogP contribution in [-0.2, 0) is 9.59 Å². The van der Waals surface area contributed by atoms with Crippen LogP contribution in [0.1, 0.15) is 46.0 Å². The fraction of sp³-hybridized carbons (Fsp3) is 0.171. The van der Waals surface area contributed by atoms with Crippen molar-refractivity contribution in [3.63, 3.8) is 0 Å². The number of benzene rings is 4. The number of amides is 3. The third-order valence-electron chi connectivity index (χ3n) is 6.78. The lowest BCUT2D eigenvalue weighted by atomic mass is 10.1. The zero-order chi connectivity index (χ0) is 30.1. The van der Waals surface area contributed by atoms with E-state index >= 15 is 0 Å². The standard InChI is InChI=1S/C35H35N3O3S/c1-5-32(35(41)37-30-19-10-13-24(3)25(30)4)42-29-18-11-17-28(22-29)36-34(40)31(21-26-14-9-12-23(2)20-26)38-33(39)27-15-7-6-8-16-27/h6-22,32H,5H2,1-4H3,(H,36,40)(H,37,41)(H,38,39)/b31-21+. The molecule has 4 aromatic rings. The van der Waals surface area contributed by atoms with Crippen molar-refractivity contribution in [2.75, 3.05) is 10.6 Å². The van der Waals surface area contributed by atoms with E-state index in [2.05, 4.69) is 16.0 Å². The highest BCUT2D eigenvalue weighted by Gasteiger charge is 2.20. The molecule has 1 atom stereocenters. The van der Waals surface area contributed by atoms with Gasteiger partial charge in [0.2, 0.25) is 5.91 Å². The highest BCUT2D eigenvalue weighted by atomic mass is 32.2. The Bertz CT molecular complexity index is 1620. The normalized spacial score (nSPS) is 11.9. The van der Waals surface area contributed by atoms with Gasteiger partial charge in [0.1, 0.15) is 5.70 Å². The second kappa shape index (κ2) is 14.3. The van der Waals surface area contributed by atoms with Gasteiger partial charge in [-0.1, -0.05) is 73.2 Å². The van der Waals surface area contributed by atoms with Gasteiger partial charge in [-0.05, 0) is 86.4 Å². The molecule has 0 aliphatic rings. The summed E-state index contributed by atoms with van der Waals surface area (Å²) in [6, 6.07) is 29.7. The molecule has 1 unspecified atom stereocenters. The first-order chi connectivity index (χ1) is 20.2. The van der Waals surface area contributed by atoms with E-state index < -0.39 is 5.91 Å². The molecule has 214 valence electrons. The number of hydrogen-bond donors (Lipinski definition) is 3. The van der Waals surface area contributed by atoms with Crippen LogP contribution in [0.15, 0.2) is 108 Å². The Labute approximate surface area is 251 Å². The lowest BCUT2D eigenvalue weighted by molar-refractivity contribution is -0.116. The second-order valence-corrected chi connectivity index (χ2v) is 11.3. The van der Waals surface area contributed by atoms with Crippen LogP contribution in [0.5, 0.6) is 0 Å². The maximum atomic E-state index is 13.5. The van der Waals surface area contributed by atoms with Crippen LogP contribution in [0.25, 0.3) is 6.08 Å². The van der Waals surface area contributed by atoms with Gasteiger partial charge in [0.25, 0.3) is 11.8 Å². The van der Waals surface area contributed by atoms with Crippen LogP contribution in [0.2, 0.25) is 0 Å². The summed E-state index contributed by atoms with van der Waals surface area (Å²) in [5.74, 6) is -0.908. The molecule has 6 nitrogen and oxygen atoms in total. The largest absolute Gasteiger partial charge is 0.325 e. The average Bonchev–Trinajstić information content (AvgIpc) is 2.98. The van der Waals surface area contributed by atoms with Crippen molar-refractivity contribution in [1.29, 1.82) is 0 Å². The van der Waals surface area contributed by atoms with E-state index in [-0.39, 0.29) is 22.8 Å². The summed E-state index contributed by atoms with van der Waals surface area (Å²) < 4.78 is 0. The van der Waals surface area contributed by atoms with Crippen LogP contribution in [0.4, 0.5) is 11.4 Å². The SMILES string of the molecule is CCC(Sc1cccc(NC(=O)/C(=C\c2cccc(C)c2)NC(=O)c2ccccc2)c1)C(=O)Nc1cccc(C)c1C. The lowest BCUT2D eigenvalue weighted by Crippen LogP contribution is -2.30. The zero-order valence-electron chi connectivity index (χ0n) is 24.2. The van der Waals surface area contributed by atoms with E-state index in [0.29, 0.717) is 17.7 Å². The minimum Gasteiger partial charge on any atom is -0.325 e. The third kappa shape index (κ3) is 8.21. The fourth-order valence-corrected chi connectivity index (χ4v) is 5.31. The molecule has 0 aromatic heterocycles. The Kier molecular flexibility index (Phi) is 10.3. The van der Waals surface area contributed by atoms with Gasteiger partial charge in [0.05, 0.1) is 5.25 Å². The number of rotatable bonds is 10. The van der Waals surface area contributed by atoms with Gasteiger partial charge in [-0.3, -0.25) is 14.4 Å². The number of anilines is 2. The number of thioether (sulfide) groups is 1. The molecule has 4 rings (SSSR count). The molecular weight excluding hydrogens is 542 g/mol. The minimum atomic E-state index is -0.456. The summed E-state index contributed by atoms with van der Waals surface area (Å²) >= 11 is 1.44. The lowest BCUT2D eigenvalue weighted by Gasteiger charge is -2.17. The molecule has 0 aliphatic heterocycles. The number of carbonyl (C=O) groups excluding carboxylic acids is 3. The van der Waals surface area contributed by atoms with E-state index in [4.69, 9.17) is 0 Å². The molecule has 3 amide bonds.